The Hall–Kier alpha value is -2.68. The summed E-state index contributed by atoms with van der Waals surface area (Å²) in [7, 11) is 2.97. The van der Waals surface area contributed by atoms with Crippen LogP contribution in [-0.4, -0.2) is 63.1 Å². The minimum Gasteiger partial charge on any atom is -0.383 e. The molecule has 8 nitrogen and oxygen atoms in total. The van der Waals surface area contributed by atoms with E-state index in [1.54, 1.807) is 12.0 Å². The van der Waals surface area contributed by atoms with Gasteiger partial charge in [0.25, 0.3) is 5.91 Å². The molecule has 1 aromatic rings. The number of nitrogens with one attached hydrogen (secondary N) is 3. The van der Waals surface area contributed by atoms with Gasteiger partial charge in [-0.25, -0.2) is 9.18 Å². The number of ether oxygens (including phenoxy) is 1. The smallest absolute Gasteiger partial charge is 0.319 e. The van der Waals surface area contributed by atoms with E-state index in [9.17, 15) is 18.8 Å². The second-order valence-corrected chi connectivity index (χ2v) is 6.01. The van der Waals surface area contributed by atoms with Crippen LogP contribution >= 0.6 is 0 Å². The Labute approximate surface area is 151 Å². The third-order valence-electron chi connectivity index (χ3n) is 4.11. The molecule has 1 aliphatic rings. The third-order valence-corrected chi connectivity index (χ3v) is 4.11. The van der Waals surface area contributed by atoms with Gasteiger partial charge >= 0.3 is 6.03 Å². The summed E-state index contributed by atoms with van der Waals surface area (Å²) in [5.41, 5.74) is 0.146. The Morgan fingerprint density at radius 2 is 2.15 bits per heavy atom. The molecule has 1 aromatic carbocycles. The van der Waals surface area contributed by atoms with Crippen molar-refractivity contribution in [2.24, 2.45) is 5.92 Å². The zero-order chi connectivity index (χ0) is 19.1. The highest BCUT2D eigenvalue weighted by atomic mass is 19.1. The summed E-state index contributed by atoms with van der Waals surface area (Å²) in [6, 6.07) is 3.26. The molecule has 3 N–H and O–H groups in total. The minimum absolute atomic E-state index is 0.0276. The quantitative estimate of drug-likeness (QED) is 0.665. The molecule has 0 radical (unpaired) electrons. The minimum atomic E-state index is -0.670. The molecular weight excluding hydrogens is 343 g/mol. The van der Waals surface area contributed by atoms with Gasteiger partial charge in [-0.3, -0.25) is 9.59 Å². The molecule has 1 fully saturated rings. The van der Waals surface area contributed by atoms with Gasteiger partial charge in [-0.15, -0.1) is 0 Å². The predicted molar refractivity (Wildman–Crippen MR) is 93.4 cm³/mol. The van der Waals surface area contributed by atoms with Gasteiger partial charge in [0.05, 0.1) is 12.2 Å². The summed E-state index contributed by atoms with van der Waals surface area (Å²) in [5, 5.41) is 7.58. The standard InChI is InChI=1S/C17H23FN4O4/c1-19-16(24)13-8-12(3-4-14(13)18)21-17(25)20-9-11-7-15(23)22(10-11)5-6-26-2/h3-4,8,11H,5-7,9-10H2,1-2H3,(H,19,24)(H2,20,21,25)/t11-/m1/s1. The van der Waals surface area contributed by atoms with E-state index in [2.05, 4.69) is 16.0 Å². The number of benzene rings is 1. The largest absolute Gasteiger partial charge is 0.383 e. The predicted octanol–water partition coefficient (Wildman–Crippen LogP) is 0.802. The van der Waals surface area contributed by atoms with E-state index in [4.69, 9.17) is 4.74 Å². The van der Waals surface area contributed by atoms with Gasteiger partial charge in [0.1, 0.15) is 5.82 Å². The number of carbonyl (C=O) groups is 3. The van der Waals surface area contributed by atoms with Crippen molar-refractivity contribution in [3.8, 4) is 0 Å². The van der Waals surface area contributed by atoms with E-state index < -0.39 is 17.8 Å². The van der Waals surface area contributed by atoms with Crippen molar-refractivity contribution in [1.29, 1.82) is 0 Å². The van der Waals surface area contributed by atoms with Gasteiger partial charge in [0.15, 0.2) is 0 Å². The van der Waals surface area contributed by atoms with Crippen LogP contribution in [0, 0.1) is 11.7 Å². The number of carbonyl (C=O) groups excluding carboxylic acids is 3. The lowest BCUT2D eigenvalue weighted by Crippen LogP contribution is -2.34. The number of urea groups is 1. The molecule has 1 saturated heterocycles. The molecule has 9 heteroatoms. The van der Waals surface area contributed by atoms with E-state index in [0.717, 1.165) is 6.07 Å². The number of rotatable bonds is 7. The van der Waals surface area contributed by atoms with E-state index in [0.29, 0.717) is 38.3 Å². The highest BCUT2D eigenvalue weighted by Gasteiger charge is 2.29. The molecule has 0 aliphatic carbocycles. The number of hydrogen-bond donors (Lipinski definition) is 3. The van der Waals surface area contributed by atoms with Crippen molar-refractivity contribution < 1.29 is 23.5 Å². The van der Waals surface area contributed by atoms with Crippen molar-refractivity contribution >= 4 is 23.5 Å². The Bertz CT molecular complexity index is 683. The lowest BCUT2D eigenvalue weighted by molar-refractivity contribution is -0.128. The maximum Gasteiger partial charge on any atom is 0.319 e. The van der Waals surface area contributed by atoms with Crippen molar-refractivity contribution in [3.05, 3.63) is 29.6 Å². The van der Waals surface area contributed by atoms with Crippen LogP contribution < -0.4 is 16.0 Å². The molecule has 1 aliphatic heterocycles. The molecule has 0 spiro atoms. The number of nitrogens with zero attached hydrogens (tertiary/aromatic N) is 1. The Balaban J connectivity index is 1.84. The first-order valence-corrected chi connectivity index (χ1v) is 8.27. The van der Waals surface area contributed by atoms with E-state index in [-0.39, 0.29) is 17.4 Å². The maximum atomic E-state index is 13.6. The summed E-state index contributed by atoms with van der Waals surface area (Å²) in [5.74, 6) is -1.18. The fraction of sp³-hybridized carbons (Fsp3) is 0.471. The van der Waals surface area contributed by atoms with Crippen LogP contribution in [0.2, 0.25) is 0 Å². The van der Waals surface area contributed by atoms with E-state index >= 15 is 0 Å². The average Bonchev–Trinajstić information content (AvgIpc) is 2.99. The van der Waals surface area contributed by atoms with Crippen molar-refractivity contribution in [2.45, 2.75) is 6.42 Å². The SMILES string of the molecule is CNC(=O)c1cc(NC(=O)NC[C@H]2CC(=O)N(CCOC)C2)ccc1F. The third kappa shape index (κ3) is 5.16. The number of anilines is 1. The zero-order valence-electron chi connectivity index (χ0n) is 14.8. The Kier molecular flexibility index (Phi) is 6.90. The van der Waals surface area contributed by atoms with Gasteiger partial charge in [0.2, 0.25) is 5.91 Å². The second-order valence-electron chi connectivity index (χ2n) is 6.01. The summed E-state index contributed by atoms with van der Waals surface area (Å²) < 4.78 is 18.6. The molecule has 26 heavy (non-hydrogen) atoms. The zero-order valence-corrected chi connectivity index (χ0v) is 14.8. The molecule has 4 amide bonds. The summed E-state index contributed by atoms with van der Waals surface area (Å²) in [4.78, 5) is 37.2. The van der Waals surface area contributed by atoms with Crippen molar-refractivity contribution in [1.82, 2.24) is 15.5 Å². The highest BCUT2D eigenvalue weighted by molar-refractivity contribution is 5.97. The Morgan fingerprint density at radius 3 is 2.85 bits per heavy atom. The average molecular weight is 366 g/mol. The van der Waals surface area contributed by atoms with Crippen LogP contribution in [-0.2, 0) is 9.53 Å². The molecule has 142 valence electrons. The van der Waals surface area contributed by atoms with Crippen LogP contribution in [0.1, 0.15) is 16.8 Å². The van der Waals surface area contributed by atoms with Crippen molar-refractivity contribution in [2.75, 3.05) is 45.7 Å². The molecule has 0 saturated carbocycles. The van der Waals surface area contributed by atoms with Gasteiger partial charge in [0, 0.05) is 51.8 Å². The maximum absolute atomic E-state index is 13.6. The molecule has 0 aromatic heterocycles. The molecular formula is C17H23FN4O4. The van der Waals surface area contributed by atoms with Crippen LogP contribution in [0.25, 0.3) is 0 Å². The summed E-state index contributed by atoms with van der Waals surface area (Å²) in [6.45, 7) is 1.92. The summed E-state index contributed by atoms with van der Waals surface area (Å²) >= 11 is 0. The highest BCUT2D eigenvalue weighted by Crippen LogP contribution is 2.17. The molecule has 0 unspecified atom stereocenters. The van der Waals surface area contributed by atoms with Gasteiger partial charge < -0.3 is 25.6 Å². The van der Waals surface area contributed by atoms with E-state index in [1.807, 2.05) is 0 Å². The first-order valence-electron chi connectivity index (χ1n) is 8.27. The fourth-order valence-corrected chi connectivity index (χ4v) is 2.73. The van der Waals surface area contributed by atoms with E-state index in [1.165, 1.54) is 19.2 Å². The lowest BCUT2D eigenvalue weighted by atomic mass is 10.1. The number of likely N-dealkylation sites (tertiary alicyclic amines) is 1. The number of methoxy groups -OCH3 is 1. The van der Waals surface area contributed by atoms with Crippen LogP contribution in [0.15, 0.2) is 18.2 Å². The first-order chi connectivity index (χ1) is 12.4. The van der Waals surface area contributed by atoms with Gasteiger partial charge in [-0.05, 0) is 18.2 Å². The Morgan fingerprint density at radius 1 is 1.38 bits per heavy atom. The van der Waals surface area contributed by atoms with Crippen LogP contribution in [0.5, 0.6) is 0 Å². The normalized spacial score (nSPS) is 16.5. The lowest BCUT2D eigenvalue weighted by Gasteiger charge is -2.16. The number of halogens is 1. The monoisotopic (exact) mass is 366 g/mol. The van der Waals surface area contributed by atoms with Crippen LogP contribution in [0.3, 0.4) is 0 Å². The summed E-state index contributed by atoms with van der Waals surface area (Å²) in [6.07, 6.45) is 0.376. The van der Waals surface area contributed by atoms with Crippen molar-refractivity contribution in [3.63, 3.8) is 0 Å². The number of hydrogen-bond acceptors (Lipinski definition) is 4. The van der Waals surface area contributed by atoms with Crippen LogP contribution in [0.4, 0.5) is 14.9 Å². The van der Waals surface area contributed by atoms with Gasteiger partial charge in [-0.1, -0.05) is 0 Å². The second kappa shape index (κ2) is 9.14. The molecule has 1 heterocycles. The number of amides is 4. The van der Waals surface area contributed by atoms with Gasteiger partial charge in [-0.2, -0.15) is 0 Å². The molecule has 1 atom stereocenters. The molecule has 2 rings (SSSR count). The first kappa shape index (κ1) is 19.6. The molecule has 0 bridgehead atoms. The fourth-order valence-electron chi connectivity index (χ4n) is 2.73. The topological polar surface area (TPSA) is 99.8 Å².